The van der Waals surface area contributed by atoms with Crippen molar-refractivity contribution in [3.63, 3.8) is 0 Å². The van der Waals surface area contributed by atoms with Crippen molar-refractivity contribution in [3.05, 3.63) is 76.3 Å². The molecule has 1 atom stereocenters. The van der Waals surface area contributed by atoms with Gasteiger partial charge in [0.2, 0.25) is 0 Å². The van der Waals surface area contributed by atoms with Crippen molar-refractivity contribution in [3.8, 4) is 0 Å². The maximum atomic E-state index is 5.47. The van der Waals surface area contributed by atoms with Crippen LogP contribution in [0.2, 0.25) is 0 Å². The van der Waals surface area contributed by atoms with Crippen molar-refractivity contribution < 1.29 is 0 Å². The van der Waals surface area contributed by atoms with Crippen LogP contribution in [-0.4, -0.2) is 10.1 Å². The third-order valence-corrected chi connectivity index (χ3v) is 8.21. The second-order valence-electron chi connectivity index (χ2n) is 9.49. The number of nitrogens with one attached hydrogen (secondary N) is 2. The minimum Gasteiger partial charge on any atom is -0.332 e. The summed E-state index contributed by atoms with van der Waals surface area (Å²) in [6.45, 7) is 4.57. The van der Waals surface area contributed by atoms with Crippen LogP contribution in [0.3, 0.4) is 0 Å². The molecule has 1 heterocycles. The maximum absolute atomic E-state index is 5.47. The minimum absolute atomic E-state index is 0.442. The Balaban J connectivity index is 1.16. The summed E-state index contributed by atoms with van der Waals surface area (Å²) in [5.74, 6) is 1.37. The van der Waals surface area contributed by atoms with Crippen molar-refractivity contribution >= 4 is 39.5 Å². The molecule has 1 saturated carbocycles. The first-order valence-corrected chi connectivity index (χ1v) is 12.4. The lowest BCUT2D eigenvalue weighted by Crippen LogP contribution is -2.42. The molecule has 3 aromatic rings. The smallest absolute Gasteiger partial charge is 0.189 e. The summed E-state index contributed by atoms with van der Waals surface area (Å²) in [5, 5.41) is 10.2. The third kappa shape index (κ3) is 4.39. The summed E-state index contributed by atoms with van der Waals surface area (Å²) < 4.78 is 0. The Labute approximate surface area is 194 Å². The highest BCUT2D eigenvalue weighted by Crippen LogP contribution is 2.57. The molecule has 0 saturated heterocycles. The molecule has 2 aliphatic carbocycles. The van der Waals surface area contributed by atoms with Gasteiger partial charge in [-0.2, -0.15) is 0 Å². The number of rotatable bonds is 4. The Bertz CT molecular complexity index is 1080. The van der Waals surface area contributed by atoms with Gasteiger partial charge in [0.1, 0.15) is 0 Å². The topological polar surface area (TPSA) is 37.0 Å². The Morgan fingerprint density at radius 3 is 2.58 bits per heavy atom. The molecule has 5 rings (SSSR count). The first-order valence-electron chi connectivity index (χ1n) is 11.2. The number of fused-ring (bicyclic) bond motifs is 1. The molecule has 1 unspecified atom stereocenters. The van der Waals surface area contributed by atoms with Crippen LogP contribution in [0.25, 0.3) is 0 Å². The molecular weight excluding hydrogens is 418 g/mol. The summed E-state index contributed by atoms with van der Waals surface area (Å²) in [5.41, 5.74) is 7.02. The number of nitrogens with zero attached hydrogens (tertiary/aromatic N) is 1. The van der Waals surface area contributed by atoms with Gasteiger partial charge in [-0.05, 0) is 85.8 Å². The van der Waals surface area contributed by atoms with E-state index < -0.39 is 0 Å². The van der Waals surface area contributed by atoms with E-state index in [1.165, 1.54) is 43.4 Å². The second kappa shape index (κ2) is 8.36. The lowest BCUT2D eigenvalue weighted by Gasteiger charge is -2.51. The van der Waals surface area contributed by atoms with Gasteiger partial charge in [0.05, 0.1) is 5.69 Å². The molecule has 1 fully saturated rings. The summed E-state index contributed by atoms with van der Waals surface area (Å²) in [4.78, 5) is 4.85. The van der Waals surface area contributed by atoms with E-state index in [0.29, 0.717) is 16.4 Å². The number of hydrogen-bond acceptors (Lipinski definition) is 3. The SMILES string of the molecule is Cc1ccc(NC(=S)Nc2nc(C3CC(C)(C4CCc5ccccc5C4)C3)cs2)cc1. The van der Waals surface area contributed by atoms with Crippen molar-refractivity contribution in [2.75, 3.05) is 10.6 Å². The highest BCUT2D eigenvalue weighted by Gasteiger charge is 2.47. The van der Waals surface area contributed by atoms with Gasteiger partial charge in [-0.25, -0.2) is 4.98 Å². The van der Waals surface area contributed by atoms with Crippen LogP contribution >= 0.6 is 23.6 Å². The zero-order chi connectivity index (χ0) is 21.4. The van der Waals surface area contributed by atoms with E-state index in [9.17, 15) is 0 Å². The van der Waals surface area contributed by atoms with E-state index in [4.69, 9.17) is 17.2 Å². The van der Waals surface area contributed by atoms with E-state index in [0.717, 1.165) is 16.7 Å². The third-order valence-electron chi connectivity index (χ3n) is 7.23. The number of aryl methyl sites for hydroxylation is 2. The monoisotopic (exact) mass is 447 g/mol. The number of aromatic nitrogens is 1. The molecule has 2 aromatic carbocycles. The number of thiazole rings is 1. The first kappa shape index (κ1) is 20.7. The van der Waals surface area contributed by atoms with Gasteiger partial charge in [-0.1, -0.05) is 48.9 Å². The highest BCUT2D eigenvalue weighted by molar-refractivity contribution is 7.80. The Kier molecular flexibility index (Phi) is 5.57. The minimum atomic E-state index is 0.442. The number of benzene rings is 2. The van der Waals surface area contributed by atoms with Crippen molar-refractivity contribution in [2.45, 2.75) is 51.9 Å². The van der Waals surface area contributed by atoms with Crippen LogP contribution in [0.4, 0.5) is 10.8 Å². The maximum Gasteiger partial charge on any atom is 0.189 e. The van der Waals surface area contributed by atoms with E-state index in [1.54, 1.807) is 22.5 Å². The molecule has 0 amide bonds. The lowest BCUT2D eigenvalue weighted by atomic mass is 9.53. The fourth-order valence-electron chi connectivity index (χ4n) is 5.33. The standard InChI is InChI=1S/C26H29N3S2/c1-17-7-11-22(12-8-17)27-24(30)29-25-28-23(16-31-25)20-14-26(2,15-20)21-10-9-18-5-3-4-6-19(18)13-21/h3-8,11-12,16,20-21H,9-10,13-15H2,1-2H3,(H2,27,28,29,30). The molecule has 1 aromatic heterocycles. The van der Waals surface area contributed by atoms with Gasteiger partial charge in [0.25, 0.3) is 0 Å². The molecule has 0 radical (unpaired) electrons. The molecule has 160 valence electrons. The summed E-state index contributed by atoms with van der Waals surface area (Å²) in [6, 6.07) is 17.2. The van der Waals surface area contributed by atoms with Crippen LogP contribution in [0.1, 0.15) is 54.5 Å². The van der Waals surface area contributed by atoms with Crippen molar-refractivity contribution in [1.29, 1.82) is 0 Å². The molecule has 31 heavy (non-hydrogen) atoms. The summed E-state index contributed by atoms with van der Waals surface area (Å²) >= 11 is 7.11. The van der Waals surface area contributed by atoms with Gasteiger partial charge in [0.15, 0.2) is 10.2 Å². The van der Waals surface area contributed by atoms with Gasteiger partial charge < -0.3 is 10.6 Å². The van der Waals surface area contributed by atoms with Crippen LogP contribution in [0.5, 0.6) is 0 Å². The average molecular weight is 448 g/mol. The molecular formula is C26H29N3S2. The largest absolute Gasteiger partial charge is 0.332 e. The molecule has 5 heteroatoms. The van der Waals surface area contributed by atoms with Gasteiger partial charge >= 0.3 is 0 Å². The van der Waals surface area contributed by atoms with Gasteiger partial charge in [-0.3, -0.25) is 0 Å². The summed E-state index contributed by atoms with van der Waals surface area (Å²) in [7, 11) is 0. The predicted octanol–water partition coefficient (Wildman–Crippen LogP) is 6.95. The lowest BCUT2D eigenvalue weighted by molar-refractivity contribution is 0.0370. The zero-order valence-electron chi connectivity index (χ0n) is 18.2. The Hall–Kier alpha value is -2.24. The van der Waals surface area contributed by atoms with Crippen LogP contribution < -0.4 is 10.6 Å². The van der Waals surface area contributed by atoms with Crippen LogP contribution in [0, 0.1) is 18.3 Å². The first-order chi connectivity index (χ1) is 15.0. The normalized spacial score (nSPS) is 24.7. The number of thiocarbonyl (C=S) groups is 1. The quantitative estimate of drug-likeness (QED) is 0.424. The predicted molar refractivity (Wildman–Crippen MR) is 135 cm³/mol. The molecule has 0 aliphatic heterocycles. The molecule has 0 bridgehead atoms. The number of anilines is 2. The van der Waals surface area contributed by atoms with Crippen molar-refractivity contribution in [2.24, 2.45) is 11.3 Å². The molecule has 0 spiro atoms. The van der Waals surface area contributed by atoms with E-state index in [-0.39, 0.29) is 0 Å². The second-order valence-corrected chi connectivity index (χ2v) is 10.8. The fourth-order valence-corrected chi connectivity index (χ4v) is 6.40. The van der Waals surface area contributed by atoms with Gasteiger partial charge in [0, 0.05) is 17.0 Å². The van der Waals surface area contributed by atoms with Gasteiger partial charge in [-0.15, -0.1) is 11.3 Å². The van der Waals surface area contributed by atoms with E-state index >= 15 is 0 Å². The van der Waals surface area contributed by atoms with Crippen LogP contribution in [-0.2, 0) is 12.8 Å². The fraction of sp³-hybridized carbons (Fsp3) is 0.385. The highest BCUT2D eigenvalue weighted by atomic mass is 32.1. The zero-order valence-corrected chi connectivity index (χ0v) is 19.8. The molecule has 3 nitrogen and oxygen atoms in total. The Morgan fingerprint density at radius 2 is 1.81 bits per heavy atom. The molecule has 2 N–H and O–H groups in total. The molecule has 2 aliphatic rings. The van der Waals surface area contributed by atoms with Crippen molar-refractivity contribution in [1.82, 2.24) is 4.98 Å². The van der Waals surface area contributed by atoms with Crippen LogP contribution in [0.15, 0.2) is 53.9 Å². The number of hydrogen-bond donors (Lipinski definition) is 2. The summed E-state index contributed by atoms with van der Waals surface area (Å²) in [6.07, 6.45) is 6.28. The Morgan fingerprint density at radius 1 is 1.06 bits per heavy atom. The van der Waals surface area contributed by atoms with E-state index in [2.05, 4.69) is 66.3 Å². The average Bonchev–Trinajstić information content (AvgIpc) is 3.20. The van der Waals surface area contributed by atoms with E-state index in [1.807, 2.05) is 12.1 Å².